The van der Waals surface area contributed by atoms with E-state index in [0.29, 0.717) is 29.8 Å². The molecule has 1 fully saturated rings. The van der Waals surface area contributed by atoms with Crippen LogP contribution in [0.2, 0.25) is 0 Å². The summed E-state index contributed by atoms with van der Waals surface area (Å²) < 4.78 is 41.2. The van der Waals surface area contributed by atoms with Gasteiger partial charge in [0, 0.05) is 5.69 Å². The van der Waals surface area contributed by atoms with Gasteiger partial charge in [-0.3, -0.25) is 4.79 Å². The molecule has 0 bridgehead atoms. The van der Waals surface area contributed by atoms with Crippen LogP contribution in [0.1, 0.15) is 42.4 Å². The molecule has 0 aliphatic heterocycles. The number of hydrogen-bond donors (Lipinski definition) is 1. The van der Waals surface area contributed by atoms with Crippen molar-refractivity contribution in [1.82, 2.24) is 20.2 Å². The standard InChI is InChI=1S/C21H20F3N5O/c1-14-7-8-17(29-13-25-27-28-29)12-18(14)26-19(30)20(9-2-3-10-20)15-5-4-6-16(11-15)21(22,23)24/h4-8,11-13H,2-3,9-10H2,1H3,(H,26,30). The third kappa shape index (κ3) is 3.67. The molecular formula is C21H20F3N5O. The lowest BCUT2D eigenvalue weighted by Gasteiger charge is -2.29. The van der Waals surface area contributed by atoms with Crippen LogP contribution in [0, 0.1) is 6.92 Å². The molecule has 30 heavy (non-hydrogen) atoms. The van der Waals surface area contributed by atoms with Crippen molar-refractivity contribution in [3.8, 4) is 5.69 Å². The van der Waals surface area contributed by atoms with Gasteiger partial charge in [0.1, 0.15) is 6.33 Å². The van der Waals surface area contributed by atoms with E-state index in [0.717, 1.165) is 30.5 Å². The molecule has 2 aromatic carbocycles. The number of anilines is 1. The van der Waals surface area contributed by atoms with Crippen LogP contribution in [0.3, 0.4) is 0 Å². The van der Waals surface area contributed by atoms with Gasteiger partial charge in [-0.2, -0.15) is 13.2 Å². The van der Waals surface area contributed by atoms with E-state index in [1.165, 1.54) is 17.1 Å². The number of aromatic nitrogens is 4. The maximum Gasteiger partial charge on any atom is 0.416 e. The molecule has 156 valence electrons. The monoisotopic (exact) mass is 415 g/mol. The van der Waals surface area contributed by atoms with Crippen molar-refractivity contribution in [1.29, 1.82) is 0 Å². The molecule has 3 aromatic rings. The lowest BCUT2D eigenvalue weighted by Crippen LogP contribution is -2.38. The molecule has 1 N–H and O–H groups in total. The number of benzene rings is 2. The second-order valence-corrected chi connectivity index (χ2v) is 7.58. The quantitative estimate of drug-likeness (QED) is 0.684. The summed E-state index contributed by atoms with van der Waals surface area (Å²) in [6, 6.07) is 10.5. The second-order valence-electron chi connectivity index (χ2n) is 7.58. The highest BCUT2D eigenvalue weighted by atomic mass is 19.4. The molecule has 1 amide bonds. The van der Waals surface area contributed by atoms with Crippen LogP contribution in [-0.2, 0) is 16.4 Å². The lowest BCUT2D eigenvalue weighted by atomic mass is 9.77. The van der Waals surface area contributed by atoms with Crippen molar-refractivity contribution in [2.75, 3.05) is 5.32 Å². The first-order valence-electron chi connectivity index (χ1n) is 9.63. The van der Waals surface area contributed by atoms with E-state index in [2.05, 4.69) is 20.8 Å². The van der Waals surface area contributed by atoms with Crippen LogP contribution in [0.15, 0.2) is 48.8 Å². The fourth-order valence-corrected chi connectivity index (χ4v) is 4.03. The van der Waals surface area contributed by atoms with Crippen molar-refractivity contribution in [3.63, 3.8) is 0 Å². The number of amides is 1. The van der Waals surface area contributed by atoms with Crippen molar-refractivity contribution >= 4 is 11.6 Å². The van der Waals surface area contributed by atoms with Crippen LogP contribution >= 0.6 is 0 Å². The predicted octanol–water partition coefficient (Wildman–Crippen LogP) is 4.44. The number of nitrogens with one attached hydrogen (secondary N) is 1. The van der Waals surface area contributed by atoms with Crippen molar-refractivity contribution < 1.29 is 18.0 Å². The average molecular weight is 415 g/mol. The largest absolute Gasteiger partial charge is 0.416 e. The van der Waals surface area contributed by atoms with E-state index < -0.39 is 17.2 Å². The zero-order valence-electron chi connectivity index (χ0n) is 16.3. The Morgan fingerprint density at radius 3 is 2.57 bits per heavy atom. The van der Waals surface area contributed by atoms with Crippen LogP contribution < -0.4 is 5.32 Å². The molecule has 1 aliphatic carbocycles. The first kappa shape index (κ1) is 20.1. The molecule has 4 rings (SSSR count). The summed E-state index contributed by atoms with van der Waals surface area (Å²) in [6.07, 6.45) is -0.432. The summed E-state index contributed by atoms with van der Waals surface area (Å²) in [5.74, 6) is -0.295. The Balaban J connectivity index is 1.68. The van der Waals surface area contributed by atoms with E-state index in [4.69, 9.17) is 0 Å². The van der Waals surface area contributed by atoms with E-state index in [1.807, 2.05) is 19.1 Å². The van der Waals surface area contributed by atoms with E-state index >= 15 is 0 Å². The van der Waals surface area contributed by atoms with Crippen LogP contribution in [0.4, 0.5) is 18.9 Å². The summed E-state index contributed by atoms with van der Waals surface area (Å²) in [6.45, 7) is 1.85. The highest BCUT2D eigenvalue weighted by Crippen LogP contribution is 2.43. The van der Waals surface area contributed by atoms with E-state index in [-0.39, 0.29) is 5.91 Å². The normalized spacial score (nSPS) is 15.9. The minimum absolute atomic E-state index is 0.295. The van der Waals surface area contributed by atoms with Gasteiger partial charge >= 0.3 is 6.18 Å². The second kappa shape index (κ2) is 7.55. The number of halogens is 3. The van der Waals surface area contributed by atoms with Gasteiger partial charge in [0.05, 0.1) is 16.7 Å². The van der Waals surface area contributed by atoms with Crippen molar-refractivity contribution in [2.24, 2.45) is 0 Å². The molecule has 0 radical (unpaired) electrons. The predicted molar refractivity (Wildman–Crippen MR) is 104 cm³/mol. The average Bonchev–Trinajstić information content (AvgIpc) is 3.42. The molecule has 1 heterocycles. The number of nitrogens with zero attached hydrogens (tertiary/aromatic N) is 4. The Hall–Kier alpha value is -3.23. The Morgan fingerprint density at radius 2 is 1.90 bits per heavy atom. The molecular weight excluding hydrogens is 395 g/mol. The number of tetrazole rings is 1. The van der Waals surface area contributed by atoms with Gasteiger partial charge in [-0.1, -0.05) is 37.1 Å². The summed E-state index contributed by atoms with van der Waals surface area (Å²) in [7, 11) is 0. The summed E-state index contributed by atoms with van der Waals surface area (Å²) in [5.41, 5.74) is 0.750. The van der Waals surface area contributed by atoms with Gasteiger partial charge < -0.3 is 5.32 Å². The fourth-order valence-electron chi connectivity index (χ4n) is 4.03. The van der Waals surface area contributed by atoms with Crippen LogP contribution in [0.25, 0.3) is 5.69 Å². The van der Waals surface area contributed by atoms with Gasteiger partial charge in [-0.15, -0.1) is 5.10 Å². The molecule has 0 spiro atoms. The maximum atomic E-state index is 13.4. The molecule has 9 heteroatoms. The number of carbonyl (C=O) groups is 1. The molecule has 1 saturated carbocycles. The molecule has 0 unspecified atom stereocenters. The summed E-state index contributed by atoms with van der Waals surface area (Å²) >= 11 is 0. The topological polar surface area (TPSA) is 72.7 Å². The number of rotatable bonds is 4. The SMILES string of the molecule is Cc1ccc(-n2cnnn2)cc1NC(=O)C1(c2cccc(C(F)(F)F)c2)CCCC1. The zero-order chi connectivity index (χ0) is 21.4. The molecule has 6 nitrogen and oxygen atoms in total. The minimum Gasteiger partial charge on any atom is -0.325 e. The first-order valence-corrected chi connectivity index (χ1v) is 9.63. The van der Waals surface area contributed by atoms with Gasteiger partial charge in [-0.05, 0) is 59.5 Å². The highest BCUT2D eigenvalue weighted by Gasteiger charge is 2.44. The lowest BCUT2D eigenvalue weighted by molar-refractivity contribution is -0.137. The van der Waals surface area contributed by atoms with Crippen molar-refractivity contribution in [3.05, 3.63) is 65.5 Å². The highest BCUT2D eigenvalue weighted by molar-refractivity contribution is 6.00. The minimum atomic E-state index is -4.46. The Kier molecular flexibility index (Phi) is 5.05. The van der Waals surface area contributed by atoms with E-state index in [9.17, 15) is 18.0 Å². The molecule has 0 saturated heterocycles. The first-order chi connectivity index (χ1) is 14.3. The summed E-state index contributed by atoms with van der Waals surface area (Å²) in [4.78, 5) is 13.4. The zero-order valence-corrected chi connectivity index (χ0v) is 16.3. The van der Waals surface area contributed by atoms with E-state index in [1.54, 1.807) is 12.1 Å². The van der Waals surface area contributed by atoms with Crippen LogP contribution in [0.5, 0.6) is 0 Å². The third-order valence-corrected chi connectivity index (χ3v) is 5.72. The third-order valence-electron chi connectivity index (χ3n) is 5.72. The Bertz CT molecular complexity index is 1060. The fraction of sp³-hybridized carbons (Fsp3) is 0.333. The molecule has 1 aromatic heterocycles. The van der Waals surface area contributed by atoms with Gasteiger partial charge in [0.15, 0.2) is 0 Å². The number of alkyl halides is 3. The summed E-state index contributed by atoms with van der Waals surface area (Å²) in [5, 5.41) is 14.0. The Morgan fingerprint density at radius 1 is 1.13 bits per heavy atom. The Labute approximate surface area is 171 Å². The van der Waals surface area contributed by atoms with Gasteiger partial charge in [0.25, 0.3) is 0 Å². The van der Waals surface area contributed by atoms with Crippen LogP contribution in [-0.4, -0.2) is 26.1 Å². The smallest absolute Gasteiger partial charge is 0.325 e. The van der Waals surface area contributed by atoms with Gasteiger partial charge in [0.2, 0.25) is 5.91 Å². The van der Waals surface area contributed by atoms with Crippen molar-refractivity contribution in [2.45, 2.75) is 44.2 Å². The molecule has 0 atom stereocenters. The number of aryl methyl sites for hydroxylation is 1. The maximum absolute atomic E-state index is 13.4. The molecule has 1 aliphatic rings. The number of hydrogen-bond acceptors (Lipinski definition) is 4. The number of carbonyl (C=O) groups excluding carboxylic acids is 1. The van der Waals surface area contributed by atoms with Gasteiger partial charge in [-0.25, -0.2) is 4.68 Å².